The summed E-state index contributed by atoms with van der Waals surface area (Å²) in [5.41, 5.74) is 2.72. The molecule has 0 bridgehead atoms. The summed E-state index contributed by atoms with van der Waals surface area (Å²) in [5.74, 6) is -0.380. The van der Waals surface area contributed by atoms with Crippen LogP contribution in [0, 0.1) is 12.7 Å². The van der Waals surface area contributed by atoms with Crippen molar-refractivity contribution in [3.63, 3.8) is 0 Å². The number of aliphatic hydroxyl groups excluding tert-OH is 1. The Hall–Kier alpha value is -1.72. The van der Waals surface area contributed by atoms with Gasteiger partial charge in [0.05, 0.1) is 12.8 Å². The second-order valence-corrected chi connectivity index (χ2v) is 5.44. The second kappa shape index (κ2) is 5.95. The second-order valence-electron chi connectivity index (χ2n) is 5.44. The fourth-order valence-corrected chi connectivity index (χ4v) is 2.72. The maximum atomic E-state index is 13.9. The zero-order chi connectivity index (χ0) is 14.8. The van der Waals surface area contributed by atoms with E-state index in [2.05, 4.69) is 5.10 Å². The Morgan fingerprint density at radius 3 is 2.90 bits per heavy atom. The molecule has 2 heterocycles. The van der Waals surface area contributed by atoms with Gasteiger partial charge in [0.1, 0.15) is 12.0 Å². The first-order chi connectivity index (χ1) is 10.2. The van der Waals surface area contributed by atoms with Crippen LogP contribution in [0.25, 0.3) is 11.1 Å². The SMILES string of the molecule is Cc1cc(-c2cnn(C3CCCCO3)c2)cc(F)c1CO. The highest BCUT2D eigenvalue weighted by Gasteiger charge is 2.17. The molecule has 1 N–H and O–H groups in total. The summed E-state index contributed by atoms with van der Waals surface area (Å²) in [6.45, 7) is 2.28. The van der Waals surface area contributed by atoms with E-state index in [0.29, 0.717) is 5.56 Å². The minimum absolute atomic E-state index is 0.0184. The number of hydrogen-bond acceptors (Lipinski definition) is 3. The molecule has 0 spiro atoms. The van der Waals surface area contributed by atoms with Gasteiger partial charge in [-0.2, -0.15) is 5.10 Å². The highest BCUT2D eigenvalue weighted by molar-refractivity contribution is 5.63. The number of aromatic nitrogens is 2. The van der Waals surface area contributed by atoms with Gasteiger partial charge in [-0.25, -0.2) is 9.07 Å². The van der Waals surface area contributed by atoms with Gasteiger partial charge in [-0.1, -0.05) is 6.07 Å². The lowest BCUT2D eigenvalue weighted by Crippen LogP contribution is -2.18. The highest BCUT2D eigenvalue weighted by Crippen LogP contribution is 2.27. The fraction of sp³-hybridized carbons (Fsp3) is 0.438. The summed E-state index contributed by atoms with van der Waals surface area (Å²) in [5, 5.41) is 13.5. The van der Waals surface area contributed by atoms with E-state index in [1.165, 1.54) is 6.07 Å². The number of hydrogen-bond donors (Lipinski definition) is 1. The summed E-state index contributed by atoms with van der Waals surface area (Å²) in [6.07, 6.45) is 6.79. The fourth-order valence-electron chi connectivity index (χ4n) is 2.72. The smallest absolute Gasteiger partial charge is 0.150 e. The van der Waals surface area contributed by atoms with E-state index < -0.39 is 0 Å². The van der Waals surface area contributed by atoms with Crippen LogP contribution in [0.4, 0.5) is 4.39 Å². The number of rotatable bonds is 3. The van der Waals surface area contributed by atoms with Crippen LogP contribution >= 0.6 is 0 Å². The number of halogens is 1. The average Bonchev–Trinajstić information content (AvgIpc) is 2.97. The number of aryl methyl sites for hydroxylation is 1. The Kier molecular flexibility index (Phi) is 4.03. The molecule has 1 fully saturated rings. The Morgan fingerprint density at radius 2 is 2.24 bits per heavy atom. The van der Waals surface area contributed by atoms with Gasteiger partial charge in [-0.05, 0) is 43.4 Å². The summed E-state index contributed by atoms with van der Waals surface area (Å²) >= 11 is 0. The molecule has 0 aliphatic carbocycles. The van der Waals surface area contributed by atoms with E-state index in [0.717, 1.165) is 42.6 Å². The standard InChI is InChI=1S/C16H19FN2O2/c1-11-6-12(7-15(17)14(11)10-20)13-8-18-19(9-13)16-4-2-3-5-21-16/h6-9,16,20H,2-5,10H2,1H3. The predicted octanol–water partition coefficient (Wildman–Crippen LogP) is 3.19. The van der Waals surface area contributed by atoms with Crippen LogP contribution in [0.1, 0.15) is 36.6 Å². The minimum Gasteiger partial charge on any atom is -0.392 e. The third kappa shape index (κ3) is 2.84. The van der Waals surface area contributed by atoms with Crippen molar-refractivity contribution < 1.29 is 14.2 Å². The molecular weight excluding hydrogens is 271 g/mol. The van der Waals surface area contributed by atoms with E-state index in [-0.39, 0.29) is 18.7 Å². The monoisotopic (exact) mass is 290 g/mol. The minimum atomic E-state index is -0.380. The molecule has 0 radical (unpaired) electrons. The third-order valence-electron chi connectivity index (χ3n) is 3.96. The molecule has 112 valence electrons. The molecular formula is C16H19FN2O2. The molecule has 1 aromatic heterocycles. The van der Waals surface area contributed by atoms with Crippen LogP contribution in [0.15, 0.2) is 24.5 Å². The Bertz CT molecular complexity index is 610. The number of ether oxygens (including phenoxy) is 1. The van der Waals surface area contributed by atoms with E-state index in [1.807, 2.05) is 16.9 Å². The molecule has 5 heteroatoms. The predicted molar refractivity (Wildman–Crippen MR) is 77.1 cm³/mol. The van der Waals surface area contributed by atoms with Gasteiger partial charge in [0.2, 0.25) is 0 Å². The van der Waals surface area contributed by atoms with E-state index in [4.69, 9.17) is 9.84 Å². The topological polar surface area (TPSA) is 47.3 Å². The Balaban J connectivity index is 1.89. The van der Waals surface area contributed by atoms with Crippen LogP contribution < -0.4 is 0 Å². The van der Waals surface area contributed by atoms with Crippen molar-refractivity contribution in [2.24, 2.45) is 0 Å². The van der Waals surface area contributed by atoms with Crippen molar-refractivity contribution in [3.05, 3.63) is 41.5 Å². The molecule has 1 atom stereocenters. The Labute approximate surface area is 123 Å². The van der Waals surface area contributed by atoms with Gasteiger partial charge >= 0.3 is 0 Å². The van der Waals surface area contributed by atoms with Crippen LogP contribution in [0.2, 0.25) is 0 Å². The average molecular weight is 290 g/mol. The van der Waals surface area contributed by atoms with E-state index in [9.17, 15) is 4.39 Å². The van der Waals surface area contributed by atoms with Gasteiger partial charge in [0.15, 0.2) is 0 Å². The van der Waals surface area contributed by atoms with Crippen LogP contribution in [0.3, 0.4) is 0 Å². The lowest BCUT2D eigenvalue weighted by molar-refractivity contribution is -0.0394. The van der Waals surface area contributed by atoms with Gasteiger partial charge in [0, 0.05) is 23.9 Å². The molecule has 3 rings (SSSR count). The van der Waals surface area contributed by atoms with Crippen molar-refractivity contribution in [1.29, 1.82) is 0 Å². The van der Waals surface area contributed by atoms with Crippen molar-refractivity contribution in [2.45, 2.75) is 39.0 Å². The van der Waals surface area contributed by atoms with Crippen LogP contribution in [-0.2, 0) is 11.3 Å². The zero-order valence-corrected chi connectivity index (χ0v) is 12.1. The zero-order valence-electron chi connectivity index (χ0n) is 12.1. The quantitative estimate of drug-likeness (QED) is 0.944. The van der Waals surface area contributed by atoms with Gasteiger partial charge in [-0.3, -0.25) is 0 Å². The first kappa shape index (κ1) is 14.2. The van der Waals surface area contributed by atoms with E-state index in [1.54, 1.807) is 13.1 Å². The Morgan fingerprint density at radius 1 is 1.38 bits per heavy atom. The third-order valence-corrected chi connectivity index (χ3v) is 3.96. The molecule has 1 unspecified atom stereocenters. The van der Waals surface area contributed by atoms with Crippen molar-refractivity contribution in [3.8, 4) is 11.1 Å². The van der Waals surface area contributed by atoms with Crippen molar-refractivity contribution in [1.82, 2.24) is 9.78 Å². The maximum absolute atomic E-state index is 13.9. The number of aliphatic hydroxyl groups is 1. The van der Waals surface area contributed by atoms with Crippen LogP contribution in [0.5, 0.6) is 0 Å². The lowest BCUT2D eigenvalue weighted by Gasteiger charge is -2.22. The van der Waals surface area contributed by atoms with Crippen molar-refractivity contribution >= 4 is 0 Å². The largest absolute Gasteiger partial charge is 0.392 e. The molecule has 21 heavy (non-hydrogen) atoms. The first-order valence-electron chi connectivity index (χ1n) is 7.25. The van der Waals surface area contributed by atoms with Crippen molar-refractivity contribution in [2.75, 3.05) is 6.61 Å². The van der Waals surface area contributed by atoms with Gasteiger partial charge in [-0.15, -0.1) is 0 Å². The number of benzene rings is 1. The van der Waals surface area contributed by atoms with Gasteiger partial charge in [0.25, 0.3) is 0 Å². The lowest BCUT2D eigenvalue weighted by atomic mass is 10.0. The summed E-state index contributed by atoms with van der Waals surface area (Å²) in [6, 6.07) is 3.32. The summed E-state index contributed by atoms with van der Waals surface area (Å²) in [4.78, 5) is 0. The summed E-state index contributed by atoms with van der Waals surface area (Å²) in [7, 11) is 0. The summed E-state index contributed by atoms with van der Waals surface area (Å²) < 4.78 is 21.4. The molecule has 1 aliphatic rings. The molecule has 0 amide bonds. The normalized spacial score (nSPS) is 18.9. The maximum Gasteiger partial charge on any atom is 0.150 e. The molecule has 1 saturated heterocycles. The van der Waals surface area contributed by atoms with Gasteiger partial charge < -0.3 is 9.84 Å². The number of nitrogens with zero attached hydrogens (tertiary/aromatic N) is 2. The molecule has 1 aromatic carbocycles. The molecule has 4 nitrogen and oxygen atoms in total. The molecule has 2 aromatic rings. The highest BCUT2D eigenvalue weighted by atomic mass is 19.1. The van der Waals surface area contributed by atoms with Crippen LogP contribution in [-0.4, -0.2) is 21.5 Å². The molecule has 0 saturated carbocycles. The first-order valence-corrected chi connectivity index (χ1v) is 7.25. The van der Waals surface area contributed by atoms with E-state index >= 15 is 0 Å². The molecule has 1 aliphatic heterocycles.